The molecule has 2 fully saturated rings. The molecule has 194 valence electrons. The van der Waals surface area contributed by atoms with Gasteiger partial charge in [0.25, 0.3) is 11.8 Å². The molecule has 1 saturated heterocycles. The maximum Gasteiger partial charge on any atom is 0.410 e. The highest BCUT2D eigenvalue weighted by Crippen LogP contribution is 2.28. The number of nitrogens with one attached hydrogen (secondary N) is 1. The number of amides is 2. The van der Waals surface area contributed by atoms with Gasteiger partial charge < -0.3 is 24.1 Å². The second-order valence-electron chi connectivity index (χ2n) is 9.32. The molecule has 2 heterocycles. The van der Waals surface area contributed by atoms with E-state index in [0.717, 1.165) is 25.7 Å². The number of benzene rings is 1. The molecule has 1 N–H and O–H groups in total. The van der Waals surface area contributed by atoms with E-state index in [1.54, 1.807) is 24.0 Å². The molecule has 0 unspecified atom stereocenters. The number of Topliss-reactive ketones (excluding diaryl/α,β-unsaturated/α-hetero) is 1. The van der Waals surface area contributed by atoms with Crippen molar-refractivity contribution >= 4 is 17.8 Å². The Kier molecular flexibility index (Phi) is 9.05. The molecule has 0 spiro atoms. The van der Waals surface area contributed by atoms with Crippen LogP contribution in [0.2, 0.25) is 0 Å². The number of morpholine rings is 1. The highest BCUT2D eigenvalue weighted by molar-refractivity contribution is 5.99. The van der Waals surface area contributed by atoms with Crippen LogP contribution in [0.1, 0.15) is 62.6 Å². The highest BCUT2D eigenvalue weighted by Gasteiger charge is 2.33. The van der Waals surface area contributed by atoms with Crippen LogP contribution in [0.25, 0.3) is 11.5 Å². The average Bonchev–Trinajstić information content (AvgIpc) is 3.43. The first kappa shape index (κ1) is 25.8. The molecule has 1 aromatic heterocycles. The van der Waals surface area contributed by atoms with E-state index < -0.39 is 29.9 Å². The van der Waals surface area contributed by atoms with Crippen molar-refractivity contribution < 1.29 is 28.3 Å². The molecule has 36 heavy (non-hydrogen) atoms. The van der Waals surface area contributed by atoms with Crippen LogP contribution < -0.4 is 5.32 Å². The lowest BCUT2D eigenvalue weighted by Gasteiger charge is -2.30. The van der Waals surface area contributed by atoms with Gasteiger partial charge in [0, 0.05) is 18.7 Å². The van der Waals surface area contributed by atoms with Gasteiger partial charge in [0.1, 0.15) is 0 Å². The van der Waals surface area contributed by atoms with E-state index >= 15 is 0 Å². The van der Waals surface area contributed by atoms with E-state index in [1.165, 1.54) is 6.42 Å². The highest BCUT2D eigenvalue weighted by atomic mass is 16.6. The number of ether oxygens (including phenoxy) is 2. The lowest BCUT2D eigenvalue weighted by atomic mass is 9.85. The molecule has 2 atom stereocenters. The lowest BCUT2D eigenvalue weighted by molar-refractivity contribution is -0.132. The van der Waals surface area contributed by atoms with Gasteiger partial charge >= 0.3 is 6.09 Å². The molecule has 2 aromatic rings. The van der Waals surface area contributed by atoms with Crippen molar-refractivity contribution in [2.24, 2.45) is 5.92 Å². The van der Waals surface area contributed by atoms with E-state index in [2.05, 4.69) is 15.5 Å². The van der Waals surface area contributed by atoms with E-state index in [0.29, 0.717) is 50.6 Å². The smallest absolute Gasteiger partial charge is 0.410 e. The number of hydrogen-bond acceptors (Lipinski definition) is 8. The van der Waals surface area contributed by atoms with Crippen LogP contribution in [0.3, 0.4) is 0 Å². The summed E-state index contributed by atoms with van der Waals surface area (Å²) in [5.41, 5.74) is 0.698. The van der Waals surface area contributed by atoms with Crippen molar-refractivity contribution in [1.82, 2.24) is 20.4 Å². The molecular weight excluding hydrogens is 464 g/mol. The van der Waals surface area contributed by atoms with Crippen LogP contribution in [-0.2, 0) is 14.3 Å². The van der Waals surface area contributed by atoms with E-state index in [4.69, 9.17) is 13.9 Å². The number of carbonyl (C=O) groups is 3. The normalized spacial score (nSPS) is 18.3. The number of nitrogens with zero attached hydrogens (tertiary/aromatic N) is 3. The second kappa shape index (κ2) is 12.6. The maximum atomic E-state index is 13.3. The molecule has 1 aromatic carbocycles. The quantitative estimate of drug-likeness (QED) is 0.520. The molecule has 0 bridgehead atoms. The summed E-state index contributed by atoms with van der Waals surface area (Å²) in [6.45, 7) is 3.51. The molecule has 4 rings (SSSR count). The van der Waals surface area contributed by atoms with Crippen LogP contribution in [-0.4, -0.2) is 71.3 Å². The van der Waals surface area contributed by atoms with Gasteiger partial charge in [-0.05, 0) is 30.9 Å². The molecule has 2 amide bonds. The first-order chi connectivity index (χ1) is 17.5. The fourth-order valence-electron chi connectivity index (χ4n) is 4.66. The van der Waals surface area contributed by atoms with Crippen LogP contribution in [0.5, 0.6) is 0 Å². The average molecular weight is 499 g/mol. The molecule has 2 aliphatic rings. The molecule has 0 radical (unpaired) electrons. The summed E-state index contributed by atoms with van der Waals surface area (Å²) < 4.78 is 16.6. The predicted octanol–water partition coefficient (Wildman–Crippen LogP) is 3.62. The monoisotopic (exact) mass is 498 g/mol. The minimum Gasteiger partial charge on any atom is -0.436 e. The van der Waals surface area contributed by atoms with Gasteiger partial charge in [-0.3, -0.25) is 9.59 Å². The molecule has 10 heteroatoms. The summed E-state index contributed by atoms with van der Waals surface area (Å²) in [6.07, 6.45) is 4.64. The van der Waals surface area contributed by atoms with Crippen molar-refractivity contribution in [3.8, 4) is 11.5 Å². The molecule has 1 saturated carbocycles. The fraction of sp³-hybridized carbons (Fsp3) is 0.577. The number of hydrogen-bond donors (Lipinski definition) is 1. The molecular formula is C26H34N4O6. The first-order valence-electron chi connectivity index (χ1n) is 12.8. The van der Waals surface area contributed by atoms with Crippen molar-refractivity contribution in [3.05, 3.63) is 36.2 Å². The Balaban J connectivity index is 1.43. The number of aromatic nitrogens is 2. The Hall–Kier alpha value is -3.27. The minimum absolute atomic E-state index is 0.171. The van der Waals surface area contributed by atoms with Crippen LogP contribution in [0, 0.1) is 5.92 Å². The van der Waals surface area contributed by atoms with Gasteiger partial charge in [-0.15, -0.1) is 10.2 Å². The van der Waals surface area contributed by atoms with E-state index in [1.807, 2.05) is 18.2 Å². The van der Waals surface area contributed by atoms with Crippen molar-refractivity contribution in [2.45, 2.75) is 64.0 Å². The van der Waals surface area contributed by atoms with Gasteiger partial charge in [-0.1, -0.05) is 57.2 Å². The lowest BCUT2D eigenvalue weighted by Crippen LogP contribution is -2.49. The maximum absolute atomic E-state index is 13.3. The van der Waals surface area contributed by atoms with Crippen molar-refractivity contribution in [3.63, 3.8) is 0 Å². The summed E-state index contributed by atoms with van der Waals surface area (Å²) in [4.78, 5) is 40.7. The zero-order valence-corrected chi connectivity index (χ0v) is 20.7. The standard InChI is InChI=1S/C26H34N4O6/c1-2-20(22(31)25-29-28-24(36-25)19-11-7-4-8-12-19)27-23(32)21(17-18-9-5-3-6-10-18)35-26(33)30-13-15-34-16-14-30/h4,7-8,11-12,18,20-21H,2-3,5-6,9-10,13-17H2,1H3,(H,27,32)/t20-,21-/m0/s1. The topological polar surface area (TPSA) is 124 Å². The Morgan fingerprint density at radius 3 is 2.50 bits per heavy atom. The minimum atomic E-state index is -0.979. The van der Waals surface area contributed by atoms with Gasteiger partial charge in [0.05, 0.1) is 19.3 Å². The van der Waals surface area contributed by atoms with Gasteiger partial charge in [0.2, 0.25) is 11.7 Å². The number of rotatable bonds is 9. The van der Waals surface area contributed by atoms with Gasteiger partial charge in [0.15, 0.2) is 6.10 Å². The molecule has 1 aliphatic heterocycles. The Bertz CT molecular complexity index is 1010. The molecule has 10 nitrogen and oxygen atoms in total. The third kappa shape index (κ3) is 6.69. The fourth-order valence-corrected chi connectivity index (χ4v) is 4.66. The number of ketones is 1. The second-order valence-corrected chi connectivity index (χ2v) is 9.32. The predicted molar refractivity (Wildman–Crippen MR) is 130 cm³/mol. The van der Waals surface area contributed by atoms with Crippen LogP contribution >= 0.6 is 0 Å². The van der Waals surface area contributed by atoms with Gasteiger partial charge in [-0.25, -0.2) is 4.79 Å². The van der Waals surface area contributed by atoms with E-state index in [-0.39, 0.29) is 11.8 Å². The summed E-state index contributed by atoms with van der Waals surface area (Å²) in [7, 11) is 0. The largest absolute Gasteiger partial charge is 0.436 e. The summed E-state index contributed by atoms with van der Waals surface area (Å²) in [6, 6.07) is 8.27. The number of carbonyl (C=O) groups excluding carboxylic acids is 3. The van der Waals surface area contributed by atoms with Crippen molar-refractivity contribution in [1.29, 1.82) is 0 Å². The third-order valence-electron chi connectivity index (χ3n) is 6.77. The summed E-state index contributed by atoms with van der Waals surface area (Å²) >= 11 is 0. The molecule has 1 aliphatic carbocycles. The van der Waals surface area contributed by atoms with Crippen LogP contribution in [0.15, 0.2) is 34.7 Å². The Morgan fingerprint density at radius 1 is 1.08 bits per heavy atom. The summed E-state index contributed by atoms with van der Waals surface area (Å²) in [5.74, 6) is -0.598. The van der Waals surface area contributed by atoms with Crippen LogP contribution in [0.4, 0.5) is 4.79 Å². The Morgan fingerprint density at radius 2 is 1.81 bits per heavy atom. The zero-order chi connectivity index (χ0) is 25.3. The first-order valence-corrected chi connectivity index (χ1v) is 12.8. The van der Waals surface area contributed by atoms with Crippen molar-refractivity contribution in [2.75, 3.05) is 26.3 Å². The Labute approximate surface area is 210 Å². The third-order valence-corrected chi connectivity index (χ3v) is 6.77. The van der Waals surface area contributed by atoms with Gasteiger partial charge in [-0.2, -0.15) is 0 Å². The zero-order valence-electron chi connectivity index (χ0n) is 20.7. The van der Waals surface area contributed by atoms with E-state index in [9.17, 15) is 14.4 Å². The summed E-state index contributed by atoms with van der Waals surface area (Å²) in [5, 5.41) is 10.6. The SMILES string of the molecule is CC[C@H](NC(=O)[C@H](CC1CCCCC1)OC(=O)N1CCOCC1)C(=O)c1nnc(-c2ccccc2)o1.